The summed E-state index contributed by atoms with van der Waals surface area (Å²) in [5.41, 5.74) is 7.35. The fourth-order valence-electron chi connectivity index (χ4n) is 1.32. The zero-order valence-electron chi connectivity index (χ0n) is 9.59. The second-order valence-electron chi connectivity index (χ2n) is 4.01. The summed E-state index contributed by atoms with van der Waals surface area (Å²) in [5.74, 6) is -0.0591. The third kappa shape index (κ3) is 3.94. The van der Waals surface area contributed by atoms with E-state index in [1.165, 1.54) is 0 Å². The van der Waals surface area contributed by atoms with Crippen LogP contribution in [0.25, 0.3) is 0 Å². The molecule has 0 aliphatic carbocycles. The fourth-order valence-corrected chi connectivity index (χ4v) is 1.75. The smallest absolute Gasteiger partial charge is 0.252 e. The summed E-state index contributed by atoms with van der Waals surface area (Å²) in [4.78, 5) is 11.8. The van der Waals surface area contributed by atoms with Gasteiger partial charge in [0, 0.05) is 17.1 Å². The number of carbonyl (C=O) groups is 1. The van der Waals surface area contributed by atoms with Crippen molar-refractivity contribution in [2.45, 2.75) is 26.3 Å². The van der Waals surface area contributed by atoms with Crippen LogP contribution in [0, 0.1) is 6.92 Å². The number of hydrogen-bond acceptors (Lipinski definition) is 2. The van der Waals surface area contributed by atoms with Crippen molar-refractivity contribution in [2.24, 2.45) is 5.73 Å². The average Bonchev–Trinajstić information content (AvgIpc) is 2.21. The highest BCUT2D eigenvalue weighted by atomic mass is 79.9. The minimum absolute atomic E-state index is 0.0591. The van der Waals surface area contributed by atoms with Crippen LogP contribution in [-0.2, 0) is 0 Å². The maximum absolute atomic E-state index is 11.8. The summed E-state index contributed by atoms with van der Waals surface area (Å²) < 4.78 is 0.816. The molecule has 1 amide bonds. The first-order chi connectivity index (χ1) is 7.50. The van der Waals surface area contributed by atoms with Gasteiger partial charge in [0.15, 0.2) is 0 Å². The van der Waals surface area contributed by atoms with Gasteiger partial charge in [-0.2, -0.15) is 0 Å². The average molecular weight is 285 g/mol. The summed E-state index contributed by atoms with van der Waals surface area (Å²) in [5, 5.41) is 2.85. The van der Waals surface area contributed by atoms with Gasteiger partial charge in [0.2, 0.25) is 0 Å². The van der Waals surface area contributed by atoms with E-state index in [9.17, 15) is 4.79 Å². The first kappa shape index (κ1) is 13.2. The Kier molecular flexibility index (Phi) is 4.96. The summed E-state index contributed by atoms with van der Waals surface area (Å²) >= 11 is 3.37. The summed E-state index contributed by atoms with van der Waals surface area (Å²) in [6, 6.07) is 5.82. The standard InChI is InChI=1S/C12H17BrN2O/c1-8-3-4-11(13)10(7-8)12(16)15-6-5-9(2)14/h3-4,7,9H,5-6,14H2,1-2H3,(H,15,16). The van der Waals surface area contributed by atoms with E-state index in [0.29, 0.717) is 12.1 Å². The number of carbonyl (C=O) groups excluding carboxylic acids is 1. The lowest BCUT2D eigenvalue weighted by atomic mass is 10.1. The SMILES string of the molecule is Cc1ccc(Br)c(C(=O)NCCC(C)N)c1. The van der Waals surface area contributed by atoms with Crippen molar-refractivity contribution in [1.29, 1.82) is 0 Å². The Balaban J connectivity index is 2.62. The van der Waals surface area contributed by atoms with E-state index in [0.717, 1.165) is 16.5 Å². The Morgan fingerprint density at radius 1 is 1.56 bits per heavy atom. The predicted octanol–water partition coefficient (Wildman–Crippen LogP) is 2.22. The zero-order valence-corrected chi connectivity index (χ0v) is 11.2. The molecule has 0 spiro atoms. The molecule has 0 aliphatic rings. The maximum atomic E-state index is 11.8. The second kappa shape index (κ2) is 6.01. The van der Waals surface area contributed by atoms with E-state index in [2.05, 4.69) is 21.2 Å². The minimum Gasteiger partial charge on any atom is -0.352 e. The first-order valence-electron chi connectivity index (χ1n) is 5.30. The Morgan fingerprint density at radius 2 is 2.25 bits per heavy atom. The quantitative estimate of drug-likeness (QED) is 0.891. The molecule has 0 radical (unpaired) electrons. The van der Waals surface area contributed by atoms with Gasteiger partial charge in [0.25, 0.3) is 5.91 Å². The molecule has 0 aliphatic heterocycles. The Morgan fingerprint density at radius 3 is 2.88 bits per heavy atom. The molecule has 0 heterocycles. The molecular formula is C12H17BrN2O. The molecule has 0 fully saturated rings. The Labute approximate surface area is 105 Å². The van der Waals surface area contributed by atoms with Gasteiger partial charge in [-0.25, -0.2) is 0 Å². The van der Waals surface area contributed by atoms with Crippen molar-refractivity contribution in [3.05, 3.63) is 33.8 Å². The molecule has 3 N–H and O–H groups in total. The van der Waals surface area contributed by atoms with E-state index in [4.69, 9.17) is 5.73 Å². The molecule has 16 heavy (non-hydrogen) atoms. The third-order valence-corrected chi connectivity index (χ3v) is 2.94. The summed E-state index contributed by atoms with van der Waals surface area (Å²) in [6.07, 6.45) is 0.787. The Hall–Kier alpha value is -0.870. The molecule has 4 heteroatoms. The number of aryl methyl sites for hydroxylation is 1. The molecule has 0 bridgehead atoms. The van der Waals surface area contributed by atoms with Gasteiger partial charge in [-0.1, -0.05) is 11.6 Å². The van der Waals surface area contributed by atoms with E-state index >= 15 is 0 Å². The molecule has 88 valence electrons. The van der Waals surface area contributed by atoms with Crippen molar-refractivity contribution < 1.29 is 4.79 Å². The number of rotatable bonds is 4. The van der Waals surface area contributed by atoms with Crippen LogP contribution >= 0.6 is 15.9 Å². The molecular weight excluding hydrogens is 268 g/mol. The number of nitrogens with one attached hydrogen (secondary N) is 1. The number of halogens is 1. The van der Waals surface area contributed by atoms with Gasteiger partial charge in [0.1, 0.15) is 0 Å². The molecule has 1 aromatic carbocycles. The summed E-state index contributed by atoms with van der Waals surface area (Å²) in [7, 11) is 0. The zero-order chi connectivity index (χ0) is 12.1. The normalized spacial score (nSPS) is 12.2. The van der Waals surface area contributed by atoms with Gasteiger partial charge < -0.3 is 11.1 Å². The number of nitrogens with two attached hydrogens (primary N) is 1. The van der Waals surface area contributed by atoms with Crippen LogP contribution < -0.4 is 11.1 Å². The highest BCUT2D eigenvalue weighted by Crippen LogP contribution is 2.17. The molecule has 1 aromatic rings. The molecule has 0 saturated carbocycles. The van der Waals surface area contributed by atoms with Gasteiger partial charge >= 0.3 is 0 Å². The number of amides is 1. The van der Waals surface area contributed by atoms with Gasteiger partial charge in [-0.15, -0.1) is 0 Å². The van der Waals surface area contributed by atoms with E-state index in [1.807, 2.05) is 32.0 Å². The fraction of sp³-hybridized carbons (Fsp3) is 0.417. The lowest BCUT2D eigenvalue weighted by Gasteiger charge is -2.09. The lowest BCUT2D eigenvalue weighted by molar-refractivity contribution is 0.0952. The second-order valence-corrected chi connectivity index (χ2v) is 4.86. The van der Waals surface area contributed by atoms with Crippen molar-refractivity contribution in [3.63, 3.8) is 0 Å². The molecule has 3 nitrogen and oxygen atoms in total. The molecule has 1 atom stereocenters. The van der Waals surface area contributed by atoms with Crippen LogP contribution in [0.2, 0.25) is 0 Å². The molecule has 1 unspecified atom stereocenters. The third-order valence-electron chi connectivity index (χ3n) is 2.25. The van der Waals surface area contributed by atoms with Crippen LogP contribution in [0.4, 0.5) is 0 Å². The topological polar surface area (TPSA) is 55.1 Å². The number of hydrogen-bond donors (Lipinski definition) is 2. The lowest BCUT2D eigenvalue weighted by Crippen LogP contribution is -2.29. The van der Waals surface area contributed by atoms with Crippen molar-refractivity contribution in [1.82, 2.24) is 5.32 Å². The van der Waals surface area contributed by atoms with Crippen LogP contribution in [0.3, 0.4) is 0 Å². The Bertz CT molecular complexity index is 377. The monoisotopic (exact) mass is 284 g/mol. The van der Waals surface area contributed by atoms with Crippen molar-refractivity contribution in [2.75, 3.05) is 6.54 Å². The molecule has 0 aromatic heterocycles. The maximum Gasteiger partial charge on any atom is 0.252 e. The first-order valence-corrected chi connectivity index (χ1v) is 6.10. The van der Waals surface area contributed by atoms with Crippen molar-refractivity contribution in [3.8, 4) is 0 Å². The van der Waals surface area contributed by atoms with Crippen LogP contribution in [0.15, 0.2) is 22.7 Å². The minimum atomic E-state index is -0.0591. The van der Waals surface area contributed by atoms with Crippen LogP contribution in [0.1, 0.15) is 29.3 Å². The van der Waals surface area contributed by atoms with Crippen LogP contribution in [0.5, 0.6) is 0 Å². The van der Waals surface area contributed by atoms with Gasteiger partial charge in [-0.05, 0) is 48.3 Å². The van der Waals surface area contributed by atoms with E-state index < -0.39 is 0 Å². The number of benzene rings is 1. The highest BCUT2D eigenvalue weighted by molar-refractivity contribution is 9.10. The molecule has 1 rings (SSSR count). The predicted molar refractivity (Wildman–Crippen MR) is 69.5 cm³/mol. The van der Waals surface area contributed by atoms with Gasteiger partial charge in [-0.3, -0.25) is 4.79 Å². The van der Waals surface area contributed by atoms with Crippen LogP contribution in [-0.4, -0.2) is 18.5 Å². The molecule has 0 saturated heterocycles. The summed E-state index contributed by atoms with van der Waals surface area (Å²) in [6.45, 7) is 4.50. The van der Waals surface area contributed by atoms with Gasteiger partial charge in [0.05, 0.1) is 5.56 Å². The van der Waals surface area contributed by atoms with Crippen molar-refractivity contribution >= 4 is 21.8 Å². The highest BCUT2D eigenvalue weighted by Gasteiger charge is 2.09. The van der Waals surface area contributed by atoms with E-state index in [-0.39, 0.29) is 11.9 Å². The van der Waals surface area contributed by atoms with E-state index in [1.54, 1.807) is 0 Å². The largest absolute Gasteiger partial charge is 0.352 e.